The van der Waals surface area contributed by atoms with E-state index in [1.54, 1.807) is 0 Å². The first kappa shape index (κ1) is 15.5. The van der Waals surface area contributed by atoms with Gasteiger partial charge in [-0.1, -0.05) is 18.2 Å². The van der Waals surface area contributed by atoms with Gasteiger partial charge in [-0.15, -0.1) is 0 Å². The molecule has 21 heavy (non-hydrogen) atoms. The molecule has 0 saturated carbocycles. The fraction of sp³-hybridized carbons (Fsp3) is 0. The average molecular weight is 416 g/mol. The Morgan fingerprint density at radius 1 is 0.905 bits per heavy atom. The van der Waals surface area contributed by atoms with Crippen LogP contribution in [0.5, 0.6) is 11.5 Å². The molecule has 3 N–H and O–H groups in total. The van der Waals surface area contributed by atoms with Crippen molar-refractivity contribution in [1.82, 2.24) is 0 Å². The number of carboxylic acids is 1. The minimum atomic E-state index is -1.24. The standard InChI is InChI=1S/C14H8Br2O5/c15-9-5-8(12(18)10(16)13(9)19)11(17)6-3-1-2-4-7(6)14(20)21/h1-5,18-19H,(H,20,21). The summed E-state index contributed by atoms with van der Waals surface area (Å²) in [6.07, 6.45) is 0. The van der Waals surface area contributed by atoms with Gasteiger partial charge in [-0.25, -0.2) is 4.79 Å². The van der Waals surface area contributed by atoms with Crippen LogP contribution in [0, 0.1) is 0 Å². The van der Waals surface area contributed by atoms with E-state index in [4.69, 9.17) is 5.11 Å². The highest BCUT2D eigenvalue weighted by Gasteiger charge is 2.23. The molecule has 0 saturated heterocycles. The minimum Gasteiger partial charge on any atom is -0.506 e. The number of phenolic OH excluding ortho intramolecular Hbond substituents is 2. The summed E-state index contributed by atoms with van der Waals surface area (Å²) in [5, 5.41) is 28.7. The summed E-state index contributed by atoms with van der Waals surface area (Å²) >= 11 is 6.03. The normalized spacial score (nSPS) is 10.4. The molecule has 0 unspecified atom stereocenters. The van der Waals surface area contributed by atoms with Crippen LogP contribution in [0.15, 0.2) is 39.3 Å². The van der Waals surface area contributed by atoms with Gasteiger partial charge in [0, 0.05) is 5.56 Å². The summed E-state index contributed by atoms with van der Waals surface area (Å²) in [5.41, 5.74) is -0.341. The van der Waals surface area contributed by atoms with Crippen molar-refractivity contribution in [1.29, 1.82) is 0 Å². The predicted molar refractivity (Wildman–Crippen MR) is 82.0 cm³/mol. The smallest absolute Gasteiger partial charge is 0.336 e. The molecule has 2 aromatic rings. The Hall–Kier alpha value is -1.86. The zero-order valence-electron chi connectivity index (χ0n) is 10.3. The molecule has 0 fully saturated rings. The summed E-state index contributed by atoms with van der Waals surface area (Å²) in [7, 11) is 0. The molecular weight excluding hydrogens is 408 g/mol. The van der Waals surface area contributed by atoms with Crippen LogP contribution >= 0.6 is 31.9 Å². The van der Waals surface area contributed by atoms with Crippen LogP contribution in [-0.2, 0) is 0 Å². The van der Waals surface area contributed by atoms with Crippen molar-refractivity contribution in [3.63, 3.8) is 0 Å². The van der Waals surface area contributed by atoms with Gasteiger partial charge in [0.2, 0.25) is 0 Å². The first-order valence-electron chi connectivity index (χ1n) is 5.61. The van der Waals surface area contributed by atoms with E-state index in [1.165, 1.54) is 30.3 Å². The van der Waals surface area contributed by atoms with Crippen molar-refractivity contribution in [2.45, 2.75) is 0 Å². The lowest BCUT2D eigenvalue weighted by molar-refractivity contribution is 0.0692. The molecule has 0 amide bonds. The Morgan fingerprint density at radius 3 is 2.05 bits per heavy atom. The first-order valence-corrected chi connectivity index (χ1v) is 7.20. The largest absolute Gasteiger partial charge is 0.506 e. The number of halogens is 2. The summed E-state index contributed by atoms with van der Waals surface area (Å²) in [6, 6.07) is 6.93. The number of rotatable bonds is 3. The van der Waals surface area contributed by atoms with Crippen molar-refractivity contribution in [3.8, 4) is 11.5 Å². The van der Waals surface area contributed by atoms with Gasteiger partial charge in [-0.3, -0.25) is 4.79 Å². The Bertz CT molecular complexity index is 755. The molecule has 0 aromatic heterocycles. The molecule has 0 heterocycles. The molecule has 2 aromatic carbocycles. The Balaban J connectivity index is 2.64. The molecular formula is C14H8Br2O5. The number of carbonyl (C=O) groups is 2. The van der Waals surface area contributed by atoms with E-state index in [0.717, 1.165) is 0 Å². The number of carbonyl (C=O) groups excluding carboxylic acids is 1. The van der Waals surface area contributed by atoms with Crippen molar-refractivity contribution in [2.75, 3.05) is 0 Å². The molecule has 0 aliphatic rings. The Labute approximate surface area is 136 Å². The number of hydrogen-bond donors (Lipinski definition) is 3. The van der Waals surface area contributed by atoms with E-state index < -0.39 is 17.5 Å². The van der Waals surface area contributed by atoms with Crippen LogP contribution in [-0.4, -0.2) is 27.1 Å². The minimum absolute atomic E-state index is 0.0481. The van der Waals surface area contributed by atoms with Gasteiger partial charge in [-0.2, -0.15) is 0 Å². The van der Waals surface area contributed by atoms with Crippen molar-refractivity contribution in [3.05, 3.63) is 56.0 Å². The maximum Gasteiger partial charge on any atom is 0.336 e. The second-order valence-electron chi connectivity index (χ2n) is 4.10. The van der Waals surface area contributed by atoms with Crippen LogP contribution in [0.25, 0.3) is 0 Å². The zero-order valence-corrected chi connectivity index (χ0v) is 13.5. The van der Waals surface area contributed by atoms with Gasteiger partial charge >= 0.3 is 5.97 Å². The molecule has 2 rings (SSSR count). The van der Waals surface area contributed by atoms with Crippen LogP contribution in [0.1, 0.15) is 26.3 Å². The second-order valence-corrected chi connectivity index (χ2v) is 5.74. The number of aromatic carboxylic acids is 1. The van der Waals surface area contributed by atoms with Crippen LogP contribution in [0.4, 0.5) is 0 Å². The number of ketones is 1. The SMILES string of the molecule is O=C(O)c1ccccc1C(=O)c1cc(Br)c(O)c(Br)c1O. The molecule has 5 nitrogen and oxygen atoms in total. The lowest BCUT2D eigenvalue weighted by Crippen LogP contribution is -2.10. The van der Waals surface area contributed by atoms with Gasteiger partial charge in [-0.05, 0) is 44.0 Å². The van der Waals surface area contributed by atoms with E-state index in [2.05, 4.69) is 31.9 Å². The molecule has 7 heteroatoms. The van der Waals surface area contributed by atoms with Crippen molar-refractivity contribution >= 4 is 43.6 Å². The monoisotopic (exact) mass is 414 g/mol. The molecule has 0 aliphatic carbocycles. The number of phenols is 2. The zero-order chi connectivity index (χ0) is 15.7. The molecule has 0 bridgehead atoms. The van der Waals surface area contributed by atoms with Gasteiger partial charge in [0.25, 0.3) is 0 Å². The highest BCUT2D eigenvalue weighted by atomic mass is 79.9. The van der Waals surface area contributed by atoms with E-state index in [9.17, 15) is 19.8 Å². The van der Waals surface area contributed by atoms with Crippen LogP contribution in [0.3, 0.4) is 0 Å². The third-order valence-corrected chi connectivity index (χ3v) is 4.17. The highest BCUT2D eigenvalue weighted by Crippen LogP contribution is 2.42. The molecule has 0 spiro atoms. The van der Waals surface area contributed by atoms with E-state index in [1.807, 2.05) is 0 Å². The molecule has 0 radical (unpaired) electrons. The lowest BCUT2D eigenvalue weighted by Gasteiger charge is -2.10. The van der Waals surface area contributed by atoms with E-state index in [0.29, 0.717) is 0 Å². The van der Waals surface area contributed by atoms with Gasteiger partial charge in [0.15, 0.2) is 5.78 Å². The number of benzene rings is 2. The summed E-state index contributed by atoms with van der Waals surface area (Å²) in [6.45, 7) is 0. The Kier molecular flexibility index (Phi) is 4.34. The van der Waals surface area contributed by atoms with E-state index in [-0.39, 0.29) is 31.4 Å². The molecule has 108 valence electrons. The van der Waals surface area contributed by atoms with Crippen molar-refractivity contribution < 1.29 is 24.9 Å². The maximum atomic E-state index is 12.5. The molecule has 0 aliphatic heterocycles. The third-order valence-electron chi connectivity index (χ3n) is 2.81. The summed E-state index contributed by atoms with van der Waals surface area (Å²) in [4.78, 5) is 23.6. The van der Waals surface area contributed by atoms with Crippen molar-refractivity contribution in [2.24, 2.45) is 0 Å². The number of hydrogen-bond acceptors (Lipinski definition) is 4. The maximum absolute atomic E-state index is 12.5. The quantitative estimate of drug-likeness (QED) is 0.666. The molecule has 0 atom stereocenters. The van der Waals surface area contributed by atoms with Gasteiger partial charge in [0.05, 0.1) is 15.6 Å². The third kappa shape index (κ3) is 2.79. The summed E-state index contributed by atoms with van der Waals surface area (Å²) < 4.78 is 0.149. The van der Waals surface area contributed by atoms with Crippen LogP contribution < -0.4 is 0 Å². The van der Waals surface area contributed by atoms with E-state index >= 15 is 0 Å². The number of aromatic hydroxyl groups is 2. The summed E-state index contributed by atoms with van der Waals surface area (Å²) in [5.74, 6) is -2.61. The Morgan fingerprint density at radius 2 is 1.48 bits per heavy atom. The topological polar surface area (TPSA) is 94.8 Å². The fourth-order valence-electron chi connectivity index (χ4n) is 1.78. The second kappa shape index (κ2) is 5.87. The van der Waals surface area contributed by atoms with Gasteiger partial charge < -0.3 is 15.3 Å². The van der Waals surface area contributed by atoms with Gasteiger partial charge in [0.1, 0.15) is 16.0 Å². The fourth-order valence-corrected chi connectivity index (χ4v) is 2.90. The number of carboxylic acid groups (broad SMARTS) is 1. The highest BCUT2D eigenvalue weighted by molar-refractivity contribution is 9.11. The lowest BCUT2D eigenvalue weighted by atomic mass is 9.97. The average Bonchev–Trinajstić information content (AvgIpc) is 2.48. The first-order chi connectivity index (χ1) is 9.84. The van der Waals surface area contributed by atoms with Crippen LogP contribution in [0.2, 0.25) is 0 Å². The predicted octanol–water partition coefficient (Wildman–Crippen LogP) is 3.55.